The Morgan fingerprint density at radius 3 is 2.82 bits per heavy atom. The van der Waals surface area contributed by atoms with Crippen LogP contribution in [-0.4, -0.2) is 39.6 Å². The quantitative estimate of drug-likeness (QED) is 0.415. The standard InChI is InChI=1S/C23H33NO4/c1-2-8-18-9-7-10-19(17-18)21(25)14-12-20-13-15-22(26)24(20)16-6-4-3-5-11-23(27)28/h7,9-10,12,14,17,20-21,25H,2-6,8,11,13,15-16H2,1H3,(H,27,28)/t20?,21-/m1/s1. The first kappa shape index (κ1) is 22.2. The summed E-state index contributed by atoms with van der Waals surface area (Å²) in [5, 5.41) is 19.2. The second-order valence-corrected chi connectivity index (χ2v) is 7.58. The van der Waals surface area contributed by atoms with Crippen molar-refractivity contribution in [2.75, 3.05) is 6.54 Å². The number of aryl methyl sites for hydroxylation is 1. The molecule has 0 saturated carbocycles. The van der Waals surface area contributed by atoms with Gasteiger partial charge in [0, 0.05) is 19.4 Å². The molecule has 1 saturated heterocycles. The summed E-state index contributed by atoms with van der Waals surface area (Å²) < 4.78 is 0. The predicted molar refractivity (Wildman–Crippen MR) is 110 cm³/mol. The van der Waals surface area contributed by atoms with E-state index < -0.39 is 12.1 Å². The lowest BCUT2D eigenvalue weighted by Gasteiger charge is -2.22. The molecule has 5 nitrogen and oxygen atoms in total. The van der Waals surface area contributed by atoms with Crippen LogP contribution in [0.4, 0.5) is 0 Å². The number of amides is 1. The zero-order chi connectivity index (χ0) is 20.4. The second-order valence-electron chi connectivity index (χ2n) is 7.58. The minimum Gasteiger partial charge on any atom is -0.481 e. The van der Waals surface area contributed by atoms with Crippen LogP contribution < -0.4 is 0 Å². The van der Waals surface area contributed by atoms with Crippen molar-refractivity contribution in [1.29, 1.82) is 0 Å². The summed E-state index contributed by atoms with van der Waals surface area (Å²) in [6.07, 6.45) is 10.1. The predicted octanol–water partition coefficient (Wildman–Crippen LogP) is 4.25. The Labute approximate surface area is 168 Å². The molecule has 0 aliphatic carbocycles. The minimum atomic E-state index is -0.751. The van der Waals surface area contributed by atoms with Crippen molar-refractivity contribution in [2.45, 2.75) is 76.9 Å². The molecule has 1 heterocycles. The molecule has 28 heavy (non-hydrogen) atoms. The number of benzene rings is 1. The number of hydrogen-bond acceptors (Lipinski definition) is 3. The first-order chi connectivity index (χ1) is 13.5. The average molecular weight is 388 g/mol. The van der Waals surface area contributed by atoms with E-state index in [1.165, 1.54) is 5.56 Å². The van der Waals surface area contributed by atoms with Crippen LogP contribution in [0.1, 0.15) is 75.5 Å². The Morgan fingerprint density at radius 1 is 1.29 bits per heavy atom. The van der Waals surface area contributed by atoms with E-state index in [0.717, 1.165) is 44.1 Å². The van der Waals surface area contributed by atoms with Gasteiger partial charge >= 0.3 is 5.97 Å². The van der Waals surface area contributed by atoms with E-state index in [2.05, 4.69) is 13.0 Å². The Kier molecular flexibility index (Phi) is 9.21. The van der Waals surface area contributed by atoms with Crippen LogP contribution in [0.15, 0.2) is 36.4 Å². The van der Waals surface area contributed by atoms with Gasteiger partial charge < -0.3 is 15.1 Å². The molecule has 1 aliphatic heterocycles. The lowest BCUT2D eigenvalue weighted by Crippen LogP contribution is -2.32. The van der Waals surface area contributed by atoms with Crippen molar-refractivity contribution < 1.29 is 19.8 Å². The average Bonchev–Trinajstić information content (AvgIpc) is 3.02. The molecule has 0 radical (unpaired) electrons. The number of aliphatic hydroxyl groups is 1. The van der Waals surface area contributed by atoms with Gasteiger partial charge in [0.1, 0.15) is 0 Å². The highest BCUT2D eigenvalue weighted by molar-refractivity contribution is 5.79. The number of likely N-dealkylation sites (tertiary alicyclic amines) is 1. The number of rotatable bonds is 12. The molecule has 2 atom stereocenters. The summed E-state index contributed by atoms with van der Waals surface area (Å²) in [6.45, 7) is 2.84. The number of unbranched alkanes of at least 4 members (excludes halogenated alkanes) is 3. The Balaban J connectivity index is 1.84. The molecule has 0 aromatic heterocycles. The Morgan fingerprint density at radius 2 is 2.07 bits per heavy atom. The number of carbonyl (C=O) groups excluding carboxylic acids is 1. The van der Waals surface area contributed by atoms with E-state index in [1.54, 1.807) is 6.08 Å². The van der Waals surface area contributed by atoms with E-state index in [-0.39, 0.29) is 18.4 Å². The monoisotopic (exact) mass is 387 g/mol. The highest BCUT2D eigenvalue weighted by Crippen LogP contribution is 2.23. The zero-order valence-electron chi connectivity index (χ0n) is 16.8. The molecule has 1 unspecified atom stereocenters. The number of nitrogens with zero attached hydrogens (tertiary/aromatic N) is 1. The molecule has 1 aromatic carbocycles. The van der Waals surface area contributed by atoms with Gasteiger partial charge in [-0.25, -0.2) is 0 Å². The van der Waals surface area contributed by atoms with Gasteiger partial charge in [-0.1, -0.05) is 62.6 Å². The molecule has 2 rings (SSSR count). The van der Waals surface area contributed by atoms with E-state index in [0.29, 0.717) is 19.4 Å². The van der Waals surface area contributed by atoms with Crippen LogP contribution in [-0.2, 0) is 16.0 Å². The number of carboxylic acid groups (broad SMARTS) is 1. The molecule has 1 aromatic rings. The molecular formula is C23H33NO4. The van der Waals surface area contributed by atoms with Crippen molar-refractivity contribution in [3.63, 3.8) is 0 Å². The van der Waals surface area contributed by atoms with Gasteiger partial charge in [0.15, 0.2) is 0 Å². The maximum Gasteiger partial charge on any atom is 0.303 e. The van der Waals surface area contributed by atoms with Crippen molar-refractivity contribution >= 4 is 11.9 Å². The molecule has 2 N–H and O–H groups in total. The molecule has 1 aliphatic rings. The van der Waals surface area contributed by atoms with Crippen molar-refractivity contribution in [3.8, 4) is 0 Å². The van der Waals surface area contributed by atoms with Crippen molar-refractivity contribution in [1.82, 2.24) is 4.90 Å². The molecule has 0 bridgehead atoms. The summed E-state index contributed by atoms with van der Waals surface area (Å²) in [6, 6.07) is 8.08. The van der Waals surface area contributed by atoms with Crippen LogP contribution in [0.5, 0.6) is 0 Å². The molecule has 5 heteroatoms. The van der Waals surface area contributed by atoms with E-state index >= 15 is 0 Å². The van der Waals surface area contributed by atoms with Gasteiger partial charge in [-0.15, -0.1) is 0 Å². The number of aliphatic hydroxyl groups excluding tert-OH is 1. The molecule has 1 fully saturated rings. The van der Waals surface area contributed by atoms with Gasteiger partial charge in [-0.05, 0) is 36.8 Å². The third-order valence-corrected chi connectivity index (χ3v) is 5.26. The smallest absolute Gasteiger partial charge is 0.303 e. The van der Waals surface area contributed by atoms with Gasteiger partial charge in [0.05, 0.1) is 12.1 Å². The van der Waals surface area contributed by atoms with Crippen molar-refractivity contribution in [3.05, 3.63) is 47.5 Å². The fourth-order valence-corrected chi connectivity index (χ4v) is 3.72. The van der Waals surface area contributed by atoms with Gasteiger partial charge in [0.25, 0.3) is 0 Å². The number of carboxylic acids is 1. The minimum absolute atomic E-state index is 0.0417. The van der Waals surface area contributed by atoms with Gasteiger partial charge in [-0.3, -0.25) is 9.59 Å². The highest BCUT2D eigenvalue weighted by atomic mass is 16.4. The van der Waals surface area contributed by atoms with Crippen LogP contribution in [0.25, 0.3) is 0 Å². The van der Waals surface area contributed by atoms with Gasteiger partial charge in [-0.2, -0.15) is 0 Å². The van der Waals surface area contributed by atoms with Crippen LogP contribution in [0, 0.1) is 0 Å². The summed E-state index contributed by atoms with van der Waals surface area (Å²) in [5.74, 6) is -0.585. The summed E-state index contributed by atoms with van der Waals surface area (Å²) in [7, 11) is 0. The summed E-state index contributed by atoms with van der Waals surface area (Å²) >= 11 is 0. The maximum atomic E-state index is 12.2. The van der Waals surface area contributed by atoms with E-state index in [4.69, 9.17) is 5.11 Å². The highest BCUT2D eigenvalue weighted by Gasteiger charge is 2.28. The fraction of sp³-hybridized carbons (Fsp3) is 0.565. The lowest BCUT2D eigenvalue weighted by atomic mass is 10.0. The Hall–Kier alpha value is -2.14. The number of hydrogen-bond donors (Lipinski definition) is 2. The second kappa shape index (κ2) is 11.6. The molecule has 1 amide bonds. The Bertz CT molecular complexity index is 670. The van der Waals surface area contributed by atoms with E-state index in [9.17, 15) is 14.7 Å². The number of carbonyl (C=O) groups is 2. The molecule has 0 spiro atoms. The SMILES string of the molecule is CCCc1cccc([C@H](O)C=CC2CCC(=O)N2CCCCCCC(=O)O)c1. The fourth-order valence-electron chi connectivity index (χ4n) is 3.72. The molecular weight excluding hydrogens is 354 g/mol. The third kappa shape index (κ3) is 7.12. The van der Waals surface area contributed by atoms with Crippen molar-refractivity contribution in [2.24, 2.45) is 0 Å². The van der Waals surface area contributed by atoms with Crippen LogP contribution >= 0.6 is 0 Å². The first-order valence-corrected chi connectivity index (χ1v) is 10.5. The summed E-state index contributed by atoms with van der Waals surface area (Å²) in [5.41, 5.74) is 2.12. The third-order valence-electron chi connectivity index (χ3n) is 5.26. The maximum absolute atomic E-state index is 12.2. The van der Waals surface area contributed by atoms with Crippen LogP contribution in [0.3, 0.4) is 0 Å². The zero-order valence-corrected chi connectivity index (χ0v) is 16.8. The largest absolute Gasteiger partial charge is 0.481 e. The van der Waals surface area contributed by atoms with Gasteiger partial charge in [0.2, 0.25) is 5.91 Å². The molecule has 154 valence electrons. The number of aliphatic carboxylic acids is 1. The van der Waals surface area contributed by atoms with Crippen LogP contribution in [0.2, 0.25) is 0 Å². The first-order valence-electron chi connectivity index (χ1n) is 10.5. The topological polar surface area (TPSA) is 77.8 Å². The lowest BCUT2D eigenvalue weighted by molar-refractivity contribution is -0.137. The van der Waals surface area contributed by atoms with E-state index in [1.807, 2.05) is 29.2 Å². The summed E-state index contributed by atoms with van der Waals surface area (Å²) in [4.78, 5) is 24.6. The normalized spacial score (nSPS) is 18.1.